The molecule has 0 bridgehead atoms. The van der Waals surface area contributed by atoms with Crippen molar-refractivity contribution in [2.24, 2.45) is 0 Å². The van der Waals surface area contributed by atoms with Gasteiger partial charge in [0.25, 0.3) is 11.8 Å². The smallest absolute Gasteiger partial charge is 0.335 e. The molecule has 2 aliphatic heterocycles. The largest absolute Gasteiger partial charge is 0.497 e. The van der Waals surface area contributed by atoms with E-state index >= 15 is 0 Å². The van der Waals surface area contributed by atoms with Crippen molar-refractivity contribution in [3.8, 4) is 5.75 Å². The van der Waals surface area contributed by atoms with Crippen LogP contribution in [0.15, 0.2) is 54.1 Å². The Balaban J connectivity index is 1.57. The van der Waals surface area contributed by atoms with Gasteiger partial charge in [-0.2, -0.15) is 0 Å². The van der Waals surface area contributed by atoms with Crippen LogP contribution in [-0.2, 0) is 9.59 Å². The SMILES string of the molecule is COc1ccc(N2C(=O)NC(=O)/C(=C\c3ccc(N4CCCCCC4)cc3)C2=O)cc1. The molecule has 2 aromatic carbocycles. The van der Waals surface area contributed by atoms with Gasteiger partial charge in [0.2, 0.25) is 0 Å². The molecule has 2 aromatic rings. The van der Waals surface area contributed by atoms with Crippen molar-refractivity contribution in [2.75, 3.05) is 30.0 Å². The van der Waals surface area contributed by atoms with Gasteiger partial charge in [0.05, 0.1) is 12.8 Å². The lowest BCUT2D eigenvalue weighted by Crippen LogP contribution is -2.54. The number of anilines is 2. The second kappa shape index (κ2) is 9.04. The van der Waals surface area contributed by atoms with Crippen molar-refractivity contribution >= 4 is 35.3 Å². The maximum Gasteiger partial charge on any atom is 0.335 e. The molecule has 2 heterocycles. The Morgan fingerprint density at radius 3 is 2.06 bits per heavy atom. The third kappa shape index (κ3) is 4.45. The lowest BCUT2D eigenvalue weighted by Gasteiger charge is -2.26. The summed E-state index contributed by atoms with van der Waals surface area (Å²) in [7, 11) is 1.53. The summed E-state index contributed by atoms with van der Waals surface area (Å²) in [6, 6.07) is 13.5. The average molecular weight is 419 g/mol. The van der Waals surface area contributed by atoms with Gasteiger partial charge in [-0.05, 0) is 60.9 Å². The van der Waals surface area contributed by atoms with Gasteiger partial charge < -0.3 is 9.64 Å². The fraction of sp³-hybridized carbons (Fsp3) is 0.292. The van der Waals surface area contributed by atoms with Crippen molar-refractivity contribution in [1.29, 1.82) is 0 Å². The maximum atomic E-state index is 13.0. The Labute approximate surface area is 181 Å². The molecule has 7 heteroatoms. The number of nitrogens with zero attached hydrogens (tertiary/aromatic N) is 2. The number of hydrogen-bond acceptors (Lipinski definition) is 5. The first-order chi connectivity index (χ1) is 15.1. The van der Waals surface area contributed by atoms with E-state index < -0.39 is 17.8 Å². The normalized spacial score (nSPS) is 18.7. The first kappa shape index (κ1) is 20.7. The Morgan fingerprint density at radius 2 is 1.45 bits per heavy atom. The van der Waals surface area contributed by atoms with E-state index in [1.807, 2.05) is 24.3 Å². The molecule has 2 aliphatic rings. The molecule has 4 amide bonds. The van der Waals surface area contributed by atoms with Gasteiger partial charge in [-0.3, -0.25) is 14.9 Å². The van der Waals surface area contributed by atoms with Crippen LogP contribution < -0.4 is 19.9 Å². The number of barbiturate groups is 1. The summed E-state index contributed by atoms with van der Waals surface area (Å²) < 4.78 is 5.11. The van der Waals surface area contributed by atoms with E-state index in [2.05, 4.69) is 10.2 Å². The predicted octanol–water partition coefficient (Wildman–Crippen LogP) is 3.74. The number of amides is 4. The molecule has 0 aliphatic carbocycles. The van der Waals surface area contributed by atoms with Crippen LogP contribution in [0.2, 0.25) is 0 Å². The molecule has 2 fully saturated rings. The first-order valence-corrected chi connectivity index (χ1v) is 10.5. The molecule has 0 unspecified atom stereocenters. The van der Waals surface area contributed by atoms with Crippen LogP contribution in [0.4, 0.5) is 16.2 Å². The van der Waals surface area contributed by atoms with E-state index in [0.717, 1.165) is 29.2 Å². The number of rotatable bonds is 4. The van der Waals surface area contributed by atoms with Crippen molar-refractivity contribution in [3.05, 3.63) is 59.7 Å². The highest BCUT2D eigenvalue weighted by Crippen LogP contribution is 2.25. The minimum Gasteiger partial charge on any atom is -0.497 e. The fourth-order valence-corrected chi connectivity index (χ4v) is 3.90. The van der Waals surface area contributed by atoms with Crippen LogP contribution in [-0.4, -0.2) is 38.0 Å². The summed E-state index contributed by atoms with van der Waals surface area (Å²) in [5.74, 6) is -0.753. The Kier molecular flexibility index (Phi) is 6.02. The zero-order valence-corrected chi connectivity index (χ0v) is 17.5. The second-order valence-corrected chi connectivity index (χ2v) is 7.65. The molecule has 0 spiro atoms. The molecule has 0 radical (unpaired) electrons. The monoisotopic (exact) mass is 419 g/mol. The summed E-state index contributed by atoms with van der Waals surface area (Å²) in [6.45, 7) is 2.08. The highest BCUT2D eigenvalue weighted by molar-refractivity contribution is 6.39. The molecule has 1 N–H and O–H groups in total. The van der Waals surface area contributed by atoms with Gasteiger partial charge in [-0.15, -0.1) is 0 Å². The van der Waals surface area contributed by atoms with Gasteiger partial charge in [0.15, 0.2) is 0 Å². The number of carbonyl (C=O) groups excluding carboxylic acids is 3. The maximum absolute atomic E-state index is 13.0. The Hall–Kier alpha value is -3.61. The standard InChI is InChI=1S/C24H25N3O4/c1-31-20-12-10-19(11-13-20)27-23(29)21(22(28)25-24(27)30)16-17-6-8-18(9-7-17)26-14-4-2-3-5-15-26/h6-13,16H,2-5,14-15H2,1H3,(H,25,28,30)/b21-16+. The van der Waals surface area contributed by atoms with E-state index in [9.17, 15) is 14.4 Å². The molecule has 160 valence electrons. The third-order valence-electron chi connectivity index (χ3n) is 5.61. The summed E-state index contributed by atoms with van der Waals surface area (Å²) in [6.07, 6.45) is 6.43. The molecular formula is C24H25N3O4. The van der Waals surface area contributed by atoms with Crippen LogP contribution in [0.1, 0.15) is 31.2 Å². The minimum atomic E-state index is -0.770. The van der Waals surface area contributed by atoms with E-state index in [1.54, 1.807) is 24.3 Å². The lowest BCUT2D eigenvalue weighted by atomic mass is 10.1. The lowest BCUT2D eigenvalue weighted by molar-refractivity contribution is -0.122. The van der Waals surface area contributed by atoms with Crippen LogP contribution in [0.5, 0.6) is 5.75 Å². The number of hydrogen-bond donors (Lipinski definition) is 1. The van der Waals surface area contributed by atoms with Gasteiger partial charge in [-0.25, -0.2) is 9.69 Å². The topological polar surface area (TPSA) is 79.0 Å². The Morgan fingerprint density at radius 1 is 0.839 bits per heavy atom. The third-order valence-corrected chi connectivity index (χ3v) is 5.61. The molecule has 31 heavy (non-hydrogen) atoms. The molecule has 7 nitrogen and oxygen atoms in total. The zero-order valence-electron chi connectivity index (χ0n) is 17.5. The molecule has 2 saturated heterocycles. The fourth-order valence-electron chi connectivity index (χ4n) is 3.90. The predicted molar refractivity (Wildman–Crippen MR) is 119 cm³/mol. The summed E-state index contributed by atoms with van der Waals surface area (Å²) in [5, 5.41) is 2.25. The number of benzene rings is 2. The molecule has 0 saturated carbocycles. The van der Waals surface area contributed by atoms with Crippen LogP contribution in [0.3, 0.4) is 0 Å². The van der Waals surface area contributed by atoms with Crippen molar-refractivity contribution in [1.82, 2.24) is 5.32 Å². The van der Waals surface area contributed by atoms with Crippen molar-refractivity contribution in [2.45, 2.75) is 25.7 Å². The highest BCUT2D eigenvalue weighted by atomic mass is 16.5. The van der Waals surface area contributed by atoms with Gasteiger partial charge in [-0.1, -0.05) is 25.0 Å². The number of imide groups is 2. The second-order valence-electron chi connectivity index (χ2n) is 7.65. The number of nitrogens with one attached hydrogen (secondary N) is 1. The van der Waals surface area contributed by atoms with E-state index in [1.165, 1.54) is 38.9 Å². The molecule has 0 aromatic heterocycles. The van der Waals surface area contributed by atoms with E-state index in [0.29, 0.717) is 11.4 Å². The van der Waals surface area contributed by atoms with Crippen LogP contribution in [0, 0.1) is 0 Å². The minimum absolute atomic E-state index is 0.0852. The zero-order chi connectivity index (χ0) is 21.8. The number of methoxy groups -OCH3 is 1. The number of ether oxygens (including phenoxy) is 1. The molecule has 0 atom stereocenters. The van der Waals surface area contributed by atoms with E-state index in [4.69, 9.17) is 4.74 Å². The average Bonchev–Trinajstić information content (AvgIpc) is 3.07. The van der Waals surface area contributed by atoms with Gasteiger partial charge >= 0.3 is 6.03 Å². The van der Waals surface area contributed by atoms with Crippen LogP contribution >= 0.6 is 0 Å². The summed E-state index contributed by atoms with van der Waals surface area (Å²) >= 11 is 0. The van der Waals surface area contributed by atoms with E-state index in [-0.39, 0.29) is 5.57 Å². The number of urea groups is 1. The quantitative estimate of drug-likeness (QED) is 0.603. The summed E-state index contributed by atoms with van der Waals surface area (Å²) in [5.41, 5.74) is 2.13. The highest BCUT2D eigenvalue weighted by Gasteiger charge is 2.36. The molecular weight excluding hydrogens is 394 g/mol. The van der Waals surface area contributed by atoms with Crippen LogP contribution in [0.25, 0.3) is 6.08 Å². The Bertz CT molecular complexity index is 1000. The molecule has 4 rings (SSSR count). The summed E-state index contributed by atoms with van der Waals surface area (Å²) in [4.78, 5) is 41.0. The van der Waals surface area contributed by atoms with Crippen molar-refractivity contribution < 1.29 is 19.1 Å². The van der Waals surface area contributed by atoms with Gasteiger partial charge in [0, 0.05) is 18.8 Å². The van der Waals surface area contributed by atoms with Crippen molar-refractivity contribution in [3.63, 3.8) is 0 Å². The van der Waals surface area contributed by atoms with Gasteiger partial charge in [0.1, 0.15) is 11.3 Å². The number of carbonyl (C=O) groups is 3. The first-order valence-electron chi connectivity index (χ1n) is 10.5.